The van der Waals surface area contributed by atoms with Gasteiger partial charge in [0.15, 0.2) is 0 Å². The van der Waals surface area contributed by atoms with Crippen molar-refractivity contribution in [2.45, 2.75) is 78.2 Å². The summed E-state index contributed by atoms with van der Waals surface area (Å²) < 4.78 is 0. The molecule has 1 aliphatic carbocycles. The van der Waals surface area contributed by atoms with Gasteiger partial charge in [-0.1, -0.05) is 51.8 Å². The van der Waals surface area contributed by atoms with E-state index in [4.69, 9.17) is 0 Å². The molecular weight excluding hydrogens is 232 g/mol. The van der Waals surface area contributed by atoms with Crippen LogP contribution >= 0.6 is 0 Å². The number of hydrogen-bond acceptors (Lipinski definition) is 1. The summed E-state index contributed by atoms with van der Waals surface area (Å²) in [6.45, 7) is 10.8. The van der Waals surface area contributed by atoms with Crippen LogP contribution in [0, 0.1) is 11.8 Å². The molecule has 3 atom stereocenters. The van der Waals surface area contributed by atoms with E-state index in [1.807, 2.05) is 0 Å². The molecule has 0 spiro atoms. The number of hydrogen-bond donors (Lipinski definition) is 1. The van der Waals surface area contributed by atoms with Crippen molar-refractivity contribution in [3.8, 4) is 0 Å². The number of aliphatic hydroxyl groups excluding tert-OH is 1. The van der Waals surface area contributed by atoms with E-state index in [2.05, 4.69) is 33.4 Å². The fourth-order valence-corrected chi connectivity index (χ4v) is 2.85. The lowest BCUT2D eigenvalue weighted by atomic mass is 9.82. The zero-order valence-electron chi connectivity index (χ0n) is 13.1. The summed E-state index contributed by atoms with van der Waals surface area (Å²) in [5.74, 6) is 1.34. The number of aliphatic hydroxyl groups is 1. The average Bonchev–Trinajstić information content (AvgIpc) is 2.39. The van der Waals surface area contributed by atoms with Crippen molar-refractivity contribution in [3.05, 3.63) is 23.8 Å². The van der Waals surface area contributed by atoms with Crippen LogP contribution in [0.2, 0.25) is 0 Å². The maximum Gasteiger partial charge on any atom is 0.0753 e. The Morgan fingerprint density at radius 2 is 2.21 bits per heavy atom. The van der Waals surface area contributed by atoms with E-state index in [-0.39, 0.29) is 6.10 Å². The summed E-state index contributed by atoms with van der Waals surface area (Å²) in [7, 11) is 0. The van der Waals surface area contributed by atoms with Gasteiger partial charge in [0, 0.05) is 0 Å². The summed E-state index contributed by atoms with van der Waals surface area (Å²) in [5.41, 5.74) is 2.59. The molecule has 1 heteroatoms. The molecule has 3 unspecified atom stereocenters. The summed E-state index contributed by atoms with van der Waals surface area (Å²) in [6, 6.07) is 0. The molecule has 1 N–H and O–H groups in total. The molecule has 1 rings (SSSR count). The van der Waals surface area contributed by atoms with Crippen molar-refractivity contribution in [1.29, 1.82) is 0 Å². The maximum absolute atomic E-state index is 10.2. The van der Waals surface area contributed by atoms with E-state index in [9.17, 15) is 5.11 Å². The predicted molar refractivity (Wildman–Crippen MR) is 84.2 cm³/mol. The van der Waals surface area contributed by atoms with Crippen LogP contribution in [-0.2, 0) is 0 Å². The maximum atomic E-state index is 10.2. The fraction of sp³-hybridized carbons (Fsp3) is 0.778. The first kappa shape index (κ1) is 16.5. The Bertz CT molecular complexity index is 303. The Morgan fingerprint density at radius 3 is 2.79 bits per heavy atom. The quantitative estimate of drug-likeness (QED) is 0.468. The van der Waals surface area contributed by atoms with Gasteiger partial charge in [-0.25, -0.2) is 0 Å². The average molecular weight is 264 g/mol. The molecular formula is C18H32O. The second kappa shape index (κ2) is 8.58. The highest BCUT2D eigenvalue weighted by Gasteiger charge is 2.19. The van der Waals surface area contributed by atoms with Crippen molar-refractivity contribution in [2.75, 3.05) is 0 Å². The third-order valence-corrected chi connectivity index (χ3v) is 4.49. The Kier molecular flexibility index (Phi) is 7.45. The lowest BCUT2D eigenvalue weighted by Crippen LogP contribution is -2.17. The molecule has 0 radical (unpaired) electrons. The first-order chi connectivity index (χ1) is 9.04. The summed E-state index contributed by atoms with van der Waals surface area (Å²) in [6.07, 6.45) is 11.3. The highest BCUT2D eigenvalue weighted by molar-refractivity contribution is 5.12. The Labute approximate surface area is 119 Å². The van der Waals surface area contributed by atoms with Crippen LogP contribution in [0.3, 0.4) is 0 Å². The Hall–Kier alpha value is -0.560. The molecule has 1 nitrogen and oxygen atoms in total. The minimum atomic E-state index is -0.313. The van der Waals surface area contributed by atoms with Crippen molar-refractivity contribution in [2.24, 2.45) is 11.8 Å². The standard InChI is InChI=1S/C18H32O/c1-5-6-7-8-15(3)18(19)13-16(4)17-11-9-14(2)10-12-17/h11,14,16,18-19H,3,5-10,12-13H2,1-2,4H3. The largest absolute Gasteiger partial charge is 0.389 e. The van der Waals surface area contributed by atoms with Gasteiger partial charge in [-0.05, 0) is 55.9 Å². The zero-order valence-corrected chi connectivity index (χ0v) is 13.1. The van der Waals surface area contributed by atoms with E-state index >= 15 is 0 Å². The van der Waals surface area contributed by atoms with E-state index in [0.29, 0.717) is 5.92 Å². The number of rotatable bonds is 8. The van der Waals surface area contributed by atoms with Crippen LogP contribution in [0.15, 0.2) is 23.8 Å². The molecule has 110 valence electrons. The smallest absolute Gasteiger partial charge is 0.0753 e. The van der Waals surface area contributed by atoms with Crippen LogP contribution < -0.4 is 0 Å². The molecule has 0 aromatic rings. The summed E-state index contributed by atoms with van der Waals surface area (Å²) in [4.78, 5) is 0. The van der Waals surface area contributed by atoms with E-state index in [1.165, 1.54) is 38.5 Å². The fourth-order valence-electron chi connectivity index (χ4n) is 2.85. The van der Waals surface area contributed by atoms with Crippen molar-refractivity contribution < 1.29 is 5.11 Å². The van der Waals surface area contributed by atoms with Gasteiger partial charge in [0.2, 0.25) is 0 Å². The first-order valence-electron chi connectivity index (χ1n) is 8.09. The zero-order chi connectivity index (χ0) is 14.3. The number of allylic oxidation sites excluding steroid dienone is 2. The molecule has 0 aromatic heterocycles. The Balaban J connectivity index is 2.34. The highest BCUT2D eigenvalue weighted by Crippen LogP contribution is 2.31. The van der Waals surface area contributed by atoms with Gasteiger partial charge >= 0.3 is 0 Å². The molecule has 1 aliphatic rings. The molecule has 0 saturated carbocycles. The van der Waals surface area contributed by atoms with Crippen LogP contribution in [-0.4, -0.2) is 11.2 Å². The van der Waals surface area contributed by atoms with Crippen LogP contribution in [0.4, 0.5) is 0 Å². The minimum Gasteiger partial charge on any atom is -0.389 e. The van der Waals surface area contributed by atoms with Gasteiger partial charge in [-0.15, -0.1) is 0 Å². The lowest BCUT2D eigenvalue weighted by molar-refractivity contribution is 0.180. The second-order valence-corrected chi connectivity index (χ2v) is 6.43. The molecule has 0 fully saturated rings. The predicted octanol–water partition coefficient (Wildman–Crippen LogP) is 5.26. The van der Waals surface area contributed by atoms with Crippen LogP contribution in [0.5, 0.6) is 0 Å². The summed E-state index contributed by atoms with van der Waals surface area (Å²) in [5, 5.41) is 10.2. The van der Waals surface area contributed by atoms with E-state index in [0.717, 1.165) is 24.3 Å². The Morgan fingerprint density at radius 1 is 1.47 bits per heavy atom. The molecule has 0 heterocycles. The summed E-state index contributed by atoms with van der Waals surface area (Å²) >= 11 is 0. The number of unbranched alkanes of at least 4 members (excludes halogenated alkanes) is 2. The molecule has 0 saturated heterocycles. The van der Waals surface area contributed by atoms with Crippen LogP contribution in [0.1, 0.15) is 72.1 Å². The van der Waals surface area contributed by atoms with Crippen molar-refractivity contribution in [3.63, 3.8) is 0 Å². The molecule has 0 aromatic carbocycles. The van der Waals surface area contributed by atoms with Crippen molar-refractivity contribution in [1.82, 2.24) is 0 Å². The van der Waals surface area contributed by atoms with Gasteiger partial charge in [0.25, 0.3) is 0 Å². The molecule has 0 amide bonds. The van der Waals surface area contributed by atoms with E-state index < -0.39 is 0 Å². The van der Waals surface area contributed by atoms with Crippen LogP contribution in [0.25, 0.3) is 0 Å². The third-order valence-electron chi connectivity index (χ3n) is 4.49. The van der Waals surface area contributed by atoms with Gasteiger partial charge in [-0.3, -0.25) is 0 Å². The van der Waals surface area contributed by atoms with E-state index in [1.54, 1.807) is 5.57 Å². The minimum absolute atomic E-state index is 0.313. The van der Waals surface area contributed by atoms with Crippen molar-refractivity contribution >= 4 is 0 Å². The SMILES string of the molecule is C=C(CCCCC)C(O)CC(C)C1=CCC(C)CC1. The second-order valence-electron chi connectivity index (χ2n) is 6.43. The van der Waals surface area contributed by atoms with Gasteiger partial charge in [0.1, 0.15) is 0 Å². The van der Waals surface area contributed by atoms with Gasteiger partial charge in [-0.2, -0.15) is 0 Å². The normalized spacial score (nSPS) is 22.7. The molecule has 0 bridgehead atoms. The first-order valence-corrected chi connectivity index (χ1v) is 8.09. The highest BCUT2D eigenvalue weighted by atomic mass is 16.3. The monoisotopic (exact) mass is 264 g/mol. The van der Waals surface area contributed by atoms with Gasteiger partial charge < -0.3 is 5.11 Å². The lowest BCUT2D eigenvalue weighted by Gasteiger charge is -2.25. The topological polar surface area (TPSA) is 20.2 Å². The molecule has 19 heavy (non-hydrogen) atoms. The third kappa shape index (κ3) is 5.95. The molecule has 0 aliphatic heterocycles. The van der Waals surface area contributed by atoms with Gasteiger partial charge in [0.05, 0.1) is 6.10 Å².